The fourth-order valence-electron chi connectivity index (χ4n) is 0.836. The predicted octanol–water partition coefficient (Wildman–Crippen LogP) is 0.561. The molecule has 0 aliphatic carbocycles. The Morgan fingerprint density at radius 3 is 2.08 bits per heavy atom. The maximum absolute atomic E-state index is 11.6. The minimum absolute atomic E-state index is 0.373. The quantitative estimate of drug-likeness (QED) is 0.477. The third-order valence-electron chi connectivity index (χ3n) is 2.21. The van der Waals surface area contributed by atoms with Crippen LogP contribution in [0.3, 0.4) is 0 Å². The number of ketones is 1. The van der Waals surface area contributed by atoms with Crippen molar-refractivity contribution in [1.29, 1.82) is 0 Å². The van der Waals surface area contributed by atoms with Gasteiger partial charge in [0.1, 0.15) is 0 Å². The van der Waals surface area contributed by atoms with Crippen molar-refractivity contribution in [2.24, 2.45) is 0 Å². The van der Waals surface area contributed by atoms with Gasteiger partial charge in [0.05, 0.1) is 6.04 Å². The Labute approximate surface area is 77.9 Å². The highest BCUT2D eigenvalue weighted by Crippen LogP contribution is 2.13. The molecule has 0 bridgehead atoms. The summed E-state index contributed by atoms with van der Waals surface area (Å²) in [4.78, 5) is 23.2. The van der Waals surface area contributed by atoms with Crippen molar-refractivity contribution in [2.45, 2.75) is 32.4 Å². The fraction of sp³-hybridized carbons (Fsp3) is 0.875. The van der Waals surface area contributed by atoms with Crippen molar-refractivity contribution in [3.8, 4) is 0 Å². The number of nitrogens with zero attached hydrogens (tertiary/aromatic N) is 2. The molecule has 0 saturated carbocycles. The molecule has 0 N–H and O–H groups in total. The molecule has 0 heterocycles. The van der Waals surface area contributed by atoms with E-state index in [-0.39, 0.29) is 5.78 Å². The summed E-state index contributed by atoms with van der Waals surface area (Å²) in [5.41, 5.74) is -1.50. The van der Waals surface area contributed by atoms with E-state index >= 15 is 0 Å². The molecule has 0 saturated heterocycles. The Morgan fingerprint density at radius 2 is 1.85 bits per heavy atom. The number of carbonyl (C=O) groups excluding carboxylic acids is 1. The molecule has 0 amide bonds. The first-order valence-corrected chi connectivity index (χ1v) is 4.06. The molecule has 5 heteroatoms. The zero-order valence-corrected chi connectivity index (χ0v) is 8.70. The average Bonchev–Trinajstić information content (AvgIpc) is 2.01. The van der Waals surface area contributed by atoms with E-state index in [2.05, 4.69) is 0 Å². The van der Waals surface area contributed by atoms with Crippen LogP contribution in [0.2, 0.25) is 0 Å². The standard InChI is InChI=1S/C8H16N2O3/c1-6(9(4)5)7(11)8(2,3)10(12)13/h6H,1-5H3. The van der Waals surface area contributed by atoms with Crippen LogP contribution in [0.4, 0.5) is 0 Å². The van der Waals surface area contributed by atoms with Crippen LogP contribution in [0.1, 0.15) is 20.8 Å². The molecular weight excluding hydrogens is 172 g/mol. The van der Waals surface area contributed by atoms with E-state index in [1.165, 1.54) is 13.8 Å². The summed E-state index contributed by atoms with van der Waals surface area (Å²) in [6.07, 6.45) is 0. The van der Waals surface area contributed by atoms with E-state index in [0.717, 1.165) is 0 Å². The molecule has 0 aliphatic heterocycles. The molecule has 1 atom stereocenters. The maximum atomic E-state index is 11.6. The summed E-state index contributed by atoms with van der Waals surface area (Å²) in [5.74, 6) is -0.373. The van der Waals surface area contributed by atoms with Gasteiger partial charge in [0.2, 0.25) is 5.78 Å². The summed E-state index contributed by atoms with van der Waals surface area (Å²) in [6, 6.07) is -0.430. The summed E-state index contributed by atoms with van der Waals surface area (Å²) in [7, 11) is 3.44. The number of nitro groups is 1. The Hall–Kier alpha value is -0.970. The Balaban J connectivity index is 4.69. The third-order valence-corrected chi connectivity index (χ3v) is 2.21. The highest BCUT2D eigenvalue weighted by Gasteiger charge is 2.43. The van der Waals surface area contributed by atoms with Gasteiger partial charge in [-0.1, -0.05) is 0 Å². The van der Waals surface area contributed by atoms with Gasteiger partial charge in [-0.15, -0.1) is 0 Å². The third kappa shape index (κ3) is 2.48. The number of hydrogen-bond donors (Lipinski definition) is 0. The summed E-state index contributed by atoms with van der Waals surface area (Å²) >= 11 is 0. The second-order valence-electron chi connectivity index (χ2n) is 3.82. The average molecular weight is 188 g/mol. The number of carbonyl (C=O) groups is 1. The SMILES string of the molecule is CC(C(=O)C(C)(C)[N+](=O)[O-])N(C)C. The van der Waals surface area contributed by atoms with Crippen LogP contribution < -0.4 is 0 Å². The second kappa shape index (κ2) is 3.83. The van der Waals surface area contributed by atoms with Gasteiger partial charge >= 0.3 is 0 Å². The van der Waals surface area contributed by atoms with E-state index < -0.39 is 16.5 Å². The van der Waals surface area contributed by atoms with Gasteiger partial charge in [-0.25, -0.2) is 0 Å². The molecule has 5 nitrogen and oxygen atoms in total. The monoisotopic (exact) mass is 188 g/mol. The molecule has 13 heavy (non-hydrogen) atoms. The molecular formula is C8H16N2O3. The van der Waals surface area contributed by atoms with E-state index in [1.807, 2.05) is 0 Å². The predicted molar refractivity (Wildman–Crippen MR) is 49.2 cm³/mol. The van der Waals surface area contributed by atoms with E-state index in [0.29, 0.717) is 0 Å². The zero-order valence-electron chi connectivity index (χ0n) is 8.70. The largest absolute Gasteiger partial charge is 0.300 e. The van der Waals surface area contributed by atoms with Gasteiger partial charge in [0, 0.05) is 18.8 Å². The fourth-order valence-corrected chi connectivity index (χ4v) is 0.836. The van der Waals surface area contributed by atoms with Crippen LogP contribution in [0.5, 0.6) is 0 Å². The normalized spacial score (nSPS) is 14.3. The van der Waals surface area contributed by atoms with Crippen LogP contribution in [0.25, 0.3) is 0 Å². The van der Waals surface area contributed by atoms with E-state index in [1.54, 1.807) is 25.9 Å². The Morgan fingerprint density at radius 1 is 1.46 bits per heavy atom. The molecule has 0 aliphatic rings. The van der Waals surface area contributed by atoms with Gasteiger partial charge in [0.25, 0.3) is 5.54 Å². The van der Waals surface area contributed by atoms with Crippen molar-refractivity contribution in [2.75, 3.05) is 14.1 Å². The molecule has 0 aromatic rings. The highest BCUT2D eigenvalue weighted by molar-refractivity contribution is 5.90. The molecule has 0 aromatic carbocycles. The lowest BCUT2D eigenvalue weighted by atomic mass is 9.94. The molecule has 0 aromatic heterocycles. The maximum Gasteiger partial charge on any atom is 0.275 e. The topological polar surface area (TPSA) is 63.4 Å². The van der Waals surface area contributed by atoms with Gasteiger partial charge in [0.15, 0.2) is 0 Å². The number of Topliss-reactive ketones (excluding diaryl/α,β-unsaturated/α-hetero) is 1. The van der Waals surface area contributed by atoms with Crippen molar-refractivity contribution in [3.63, 3.8) is 0 Å². The Kier molecular flexibility index (Phi) is 3.54. The number of rotatable bonds is 4. The van der Waals surface area contributed by atoms with Gasteiger partial charge in [-0.3, -0.25) is 19.8 Å². The first-order valence-electron chi connectivity index (χ1n) is 4.06. The summed E-state index contributed by atoms with van der Waals surface area (Å²) in [6.45, 7) is 4.32. The minimum atomic E-state index is -1.50. The van der Waals surface area contributed by atoms with Gasteiger partial charge in [-0.2, -0.15) is 0 Å². The first-order chi connectivity index (χ1) is 5.71. The van der Waals surface area contributed by atoms with Crippen molar-refractivity contribution in [3.05, 3.63) is 10.1 Å². The summed E-state index contributed by atoms with van der Waals surface area (Å²) < 4.78 is 0. The lowest BCUT2D eigenvalue weighted by Gasteiger charge is -2.23. The lowest BCUT2D eigenvalue weighted by molar-refractivity contribution is -0.543. The van der Waals surface area contributed by atoms with Crippen LogP contribution in [0.15, 0.2) is 0 Å². The van der Waals surface area contributed by atoms with Crippen LogP contribution in [0, 0.1) is 10.1 Å². The first kappa shape index (κ1) is 12.0. The summed E-state index contributed by atoms with van der Waals surface area (Å²) in [5, 5.41) is 10.6. The second-order valence-corrected chi connectivity index (χ2v) is 3.82. The van der Waals surface area contributed by atoms with Crippen molar-refractivity contribution in [1.82, 2.24) is 4.90 Å². The Bertz CT molecular complexity index is 223. The molecule has 0 radical (unpaired) electrons. The number of likely N-dealkylation sites (N-methyl/N-ethyl adjacent to an activating group) is 1. The lowest BCUT2D eigenvalue weighted by Crippen LogP contribution is -2.49. The zero-order chi connectivity index (χ0) is 10.8. The number of hydrogen-bond acceptors (Lipinski definition) is 4. The van der Waals surface area contributed by atoms with Crippen LogP contribution in [-0.4, -0.2) is 41.3 Å². The molecule has 0 fully saturated rings. The van der Waals surface area contributed by atoms with Crippen molar-refractivity contribution < 1.29 is 9.72 Å². The van der Waals surface area contributed by atoms with Crippen molar-refractivity contribution >= 4 is 5.78 Å². The molecule has 0 spiro atoms. The van der Waals surface area contributed by atoms with Crippen LogP contribution in [-0.2, 0) is 4.79 Å². The molecule has 0 rings (SSSR count). The van der Waals surface area contributed by atoms with Gasteiger partial charge in [-0.05, 0) is 21.0 Å². The van der Waals surface area contributed by atoms with Gasteiger partial charge < -0.3 is 0 Å². The molecule has 76 valence electrons. The van der Waals surface area contributed by atoms with E-state index in [4.69, 9.17) is 0 Å². The minimum Gasteiger partial charge on any atom is -0.300 e. The highest BCUT2D eigenvalue weighted by atomic mass is 16.6. The van der Waals surface area contributed by atoms with Crippen LogP contribution >= 0.6 is 0 Å². The smallest absolute Gasteiger partial charge is 0.275 e. The van der Waals surface area contributed by atoms with E-state index in [9.17, 15) is 14.9 Å². The molecule has 1 unspecified atom stereocenters.